The second-order valence-electron chi connectivity index (χ2n) is 4.43. The molecule has 0 spiro atoms. The number of aliphatic hydroxyl groups excluding tert-OH is 1. The van der Waals surface area contributed by atoms with Crippen molar-refractivity contribution in [1.82, 2.24) is 0 Å². The van der Waals surface area contributed by atoms with E-state index in [1.807, 2.05) is 0 Å². The van der Waals surface area contributed by atoms with E-state index in [0.29, 0.717) is 19.3 Å². The van der Waals surface area contributed by atoms with Crippen molar-refractivity contribution >= 4 is 50.5 Å². The molecule has 8 heteroatoms. The number of rotatable bonds is 3. The first-order valence-electron chi connectivity index (χ1n) is 5.65. The highest BCUT2D eigenvalue weighted by Crippen LogP contribution is 2.34. The molecule has 0 aliphatic heterocycles. The summed E-state index contributed by atoms with van der Waals surface area (Å²) >= 11 is 17.5. The molecule has 2 unspecified atom stereocenters. The maximum Gasteiger partial charge on any atom is 0.238 e. The zero-order chi connectivity index (χ0) is 14.2. The van der Waals surface area contributed by atoms with Crippen LogP contribution in [0.1, 0.15) is 19.3 Å². The van der Waals surface area contributed by atoms with Crippen LogP contribution in [0.2, 0.25) is 15.1 Å². The molecule has 1 saturated carbocycles. The van der Waals surface area contributed by atoms with Crippen molar-refractivity contribution in [2.45, 2.75) is 30.6 Å². The molecule has 2 rings (SSSR count). The molecular formula is C11H12Cl3NO3S. The van der Waals surface area contributed by atoms with E-state index in [0.717, 1.165) is 0 Å². The third kappa shape index (κ3) is 3.28. The van der Waals surface area contributed by atoms with Gasteiger partial charge >= 0.3 is 0 Å². The molecule has 0 aromatic heterocycles. The summed E-state index contributed by atoms with van der Waals surface area (Å²) in [6.07, 6.45) is 0.747. The van der Waals surface area contributed by atoms with Gasteiger partial charge < -0.3 is 5.11 Å². The van der Waals surface area contributed by atoms with Gasteiger partial charge in [-0.05, 0) is 31.4 Å². The van der Waals surface area contributed by atoms with Crippen molar-refractivity contribution in [2.75, 3.05) is 4.72 Å². The van der Waals surface area contributed by atoms with E-state index in [-0.39, 0.29) is 20.8 Å². The minimum Gasteiger partial charge on any atom is -0.392 e. The quantitative estimate of drug-likeness (QED) is 0.827. The second-order valence-corrected chi connectivity index (χ2v) is 7.55. The fourth-order valence-electron chi connectivity index (χ4n) is 2.10. The average Bonchev–Trinajstić information content (AvgIpc) is 2.73. The van der Waals surface area contributed by atoms with E-state index in [2.05, 4.69) is 4.72 Å². The van der Waals surface area contributed by atoms with Gasteiger partial charge in [0.1, 0.15) is 5.25 Å². The average molecular weight is 345 g/mol. The fraction of sp³-hybridized carbons (Fsp3) is 0.455. The number of aliphatic hydroxyl groups is 1. The molecule has 0 heterocycles. The Morgan fingerprint density at radius 1 is 1.11 bits per heavy atom. The SMILES string of the molecule is O=S(=O)(Nc1cc(Cl)c(Cl)cc1Cl)C1CCCC1O. The summed E-state index contributed by atoms with van der Waals surface area (Å²) in [6.45, 7) is 0. The summed E-state index contributed by atoms with van der Waals surface area (Å²) in [7, 11) is -3.70. The van der Waals surface area contributed by atoms with Crippen LogP contribution >= 0.6 is 34.8 Å². The van der Waals surface area contributed by atoms with Gasteiger partial charge in [-0.3, -0.25) is 4.72 Å². The molecule has 1 aliphatic rings. The van der Waals surface area contributed by atoms with Gasteiger partial charge in [0.25, 0.3) is 0 Å². The standard InChI is InChI=1S/C11H12Cl3NO3S/c12-6-4-8(14)9(5-7(6)13)15-19(17,18)11-3-1-2-10(11)16/h4-5,10-11,15-16H,1-3H2. The summed E-state index contributed by atoms with van der Waals surface area (Å²) in [4.78, 5) is 0. The molecule has 1 aliphatic carbocycles. The van der Waals surface area contributed by atoms with Gasteiger partial charge in [-0.25, -0.2) is 8.42 Å². The Labute approximate surface area is 126 Å². The predicted octanol–water partition coefficient (Wildman–Crippen LogP) is 3.30. The molecule has 19 heavy (non-hydrogen) atoms. The van der Waals surface area contributed by atoms with Crippen molar-refractivity contribution < 1.29 is 13.5 Å². The number of benzene rings is 1. The van der Waals surface area contributed by atoms with Crippen LogP contribution in [0.15, 0.2) is 12.1 Å². The molecular weight excluding hydrogens is 333 g/mol. The van der Waals surface area contributed by atoms with E-state index < -0.39 is 21.4 Å². The number of sulfonamides is 1. The van der Waals surface area contributed by atoms with Crippen LogP contribution in [0, 0.1) is 0 Å². The van der Waals surface area contributed by atoms with Gasteiger partial charge in [0.2, 0.25) is 10.0 Å². The molecule has 0 amide bonds. The second kappa shape index (κ2) is 5.66. The Bertz CT molecular complexity index is 591. The summed E-state index contributed by atoms with van der Waals surface area (Å²) in [5.41, 5.74) is 0.162. The fourth-order valence-corrected chi connectivity index (χ4v) is 4.40. The van der Waals surface area contributed by atoms with Crippen molar-refractivity contribution in [3.63, 3.8) is 0 Å². The Morgan fingerprint density at radius 2 is 1.74 bits per heavy atom. The molecule has 1 aromatic carbocycles. The highest BCUT2D eigenvalue weighted by molar-refractivity contribution is 7.93. The van der Waals surface area contributed by atoms with E-state index in [4.69, 9.17) is 34.8 Å². The van der Waals surface area contributed by atoms with Crippen LogP contribution in [0.4, 0.5) is 5.69 Å². The van der Waals surface area contributed by atoms with Gasteiger partial charge in [0.15, 0.2) is 0 Å². The Balaban J connectivity index is 2.28. The molecule has 2 atom stereocenters. The van der Waals surface area contributed by atoms with E-state index in [1.165, 1.54) is 12.1 Å². The lowest BCUT2D eigenvalue weighted by molar-refractivity contribution is 0.185. The zero-order valence-corrected chi connectivity index (χ0v) is 12.8. The Kier molecular flexibility index (Phi) is 4.52. The van der Waals surface area contributed by atoms with Gasteiger partial charge in [-0.15, -0.1) is 0 Å². The highest BCUT2D eigenvalue weighted by atomic mass is 35.5. The first kappa shape index (κ1) is 15.2. The van der Waals surface area contributed by atoms with Gasteiger partial charge in [0, 0.05) is 0 Å². The van der Waals surface area contributed by atoms with Crippen molar-refractivity contribution in [3.05, 3.63) is 27.2 Å². The molecule has 1 fully saturated rings. The molecule has 2 N–H and O–H groups in total. The molecule has 106 valence electrons. The van der Waals surface area contributed by atoms with Crippen molar-refractivity contribution in [2.24, 2.45) is 0 Å². The molecule has 0 bridgehead atoms. The number of hydrogen-bond acceptors (Lipinski definition) is 3. The topological polar surface area (TPSA) is 66.4 Å². The van der Waals surface area contributed by atoms with Gasteiger partial charge in [-0.2, -0.15) is 0 Å². The summed E-state index contributed by atoms with van der Waals surface area (Å²) in [6, 6.07) is 2.72. The van der Waals surface area contributed by atoms with Crippen LogP contribution in [-0.4, -0.2) is 24.9 Å². The van der Waals surface area contributed by atoms with E-state index >= 15 is 0 Å². The normalized spacial score (nSPS) is 23.6. The summed E-state index contributed by atoms with van der Waals surface area (Å²) in [5, 5.41) is 9.46. The maximum absolute atomic E-state index is 12.2. The minimum atomic E-state index is -3.70. The lowest BCUT2D eigenvalue weighted by atomic mass is 10.3. The van der Waals surface area contributed by atoms with Gasteiger partial charge in [-0.1, -0.05) is 34.8 Å². The summed E-state index contributed by atoms with van der Waals surface area (Å²) < 4.78 is 26.7. The maximum atomic E-state index is 12.2. The third-order valence-electron chi connectivity index (χ3n) is 3.08. The molecule has 0 radical (unpaired) electrons. The number of anilines is 1. The zero-order valence-electron chi connectivity index (χ0n) is 9.74. The lowest BCUT2D eigenvalue weighted by Gasteiger charge is -2.17. The Hall–Kier alpha value is -0.200. The molecule has 1 aromatic rings. The van der Waals surface area contributed by atoms with Gasteiger partial charge in [0.05, 0.1) is 26.9 Å². The predicted molar refractivity (Wildman–Crippen MR) is 77.7 cm³/mol. The monoisotopic (exact) mass is 343 g/mol. The summed E-state index contributed by atoms with van der Waals surface area (Å²) in [5.74, 6) is 0. The smallest absolute Gasteiger partial charge is 0.238 e. The molecule has 4 nitrogen and oxygen atoms in total. The van der Waals surface area contributed by atoms with Crippen molar-refractivity contribution in [1.29, 1.82) is 0 Å². The van der Waals surface area contributed by atoms with Crippen LogP contribution < -0.4 is 4.72 Å². The number of halogens is 3. The Morgan fingerprint density at radius 3 is 2.32 bits per heavy atom. The van der Waals surface area contributed by atoms with Crippen molar-refractivity contribution in [3.8, 4) is 0 Å². The first-order chi connectivity index (χ1) is 8.81. The lowest BCUT2D eigenvalue weighted by Crippen LogP contribution is -2.33. The van der Waals surface area contributed by atoms with E-state index in [1.54, 1.807) is 0 Å². The van der Waals surface area contributed by atoms with Crippen LogP contribution in [0.5, 0.6) is 0 Å². The number of nitrogens with one attached hydrogen (secondary N) is 1. The van der Waals surface area contributed by atoms with E-state index in [9.17, 15) is 13.5 Å². The highest BCUT2D eigenvalue weighted by Gasteiger charge is 2.36. The third-order valence-corrected chi connectivity index (χ3v) is 5.96. The number of hydrogen-bond donors (Lipinski definition) is 2. The largest absolute Gasteiger partial charge is 0.392 e. The minimum absolute atomic E-state index is 0.158. The first-order valence-corrected chi connectivity index (χ1v) is 8.33. The molecule has 0 saturated heterocycles. The van der Waals surface area contributed by atoms with Crippen LogP contribution in [0.25, 0.3) is 0 Å². The van der Waals surface area contributed by atoms with Crippen LogP contribution in [0.3, 0.4) is 0 Å². The van der Waals surface area contributed by atoms with Crippen LogP contribution in [-0.2, 0) is 10.0 Å².